The smallest absolute Gasteiger partial charge is 0.304 e. The van der Waals surface area contributed by atoms with E-state index in [2.05, 4.69) is 10.3 Å². The summed E-state index contributed by atoms with van der Waals surface area (Å²) in [5.74, 6) is -0.994. The number of carbonyl (C=O) groups is 1. The van der Waals surface area contributed by atoms with Crippen molar-refractivity contribution in [3.05, 3.63) is 86.2 Å². The number of hydrogen-bond donors (Lipinski definition) is 2. The second-order valence-corrected chi connectivity index (χ2v) is 9.77. The van der Waals surface area contributed by atoms with Crippen LogP contribution in [0.5, 0.6) is 0 Å². The van der Waals surface area contributed by atoms with E-state index in [9.17, 15) is 20.0 Å². The van der Waals surface area contributed by atoms with Gasteiger partial charge in [0.25, 0.3) is 5.69 Å². The van der Waals surface area contributed by atoms with Crippen molar-refractivity contribution in [2.24, 2.45) is 0 Å². The molecule has 1 aliphatic rings. The van der Waals surface area contributed by atoms with Crippen molar-refractivity contribution < 1.29 is 14.8 Å². The number of nitro groups is 1. The molecule has 0 bridgehead atoms. The Bertz CT molecular complexity index is 1450. The van der Waals surface area contributed by atoms with E-state index in [4.69, 9.17) is 17.3 Å². The van der Waals surface area contributed by atoms with Gasteiger partial charge in [-0.1, -0.05) is 23.7 Å². The molecule has 5 rings (SSSR count). The molecule has 0 aliphatic carbocycles. The van der Waals surface area contributed by atoms with E-state index < -0.39 is 10.9 Å². The summed E-state index contributed by atoms with van der Waals surface area (Å²) in [5, 5.41) is 24.6. The Kier molecular flexibility index (Phi) is 5.63. The molecule has 172 valence electrons. The number of halogens is 1. The predicted octanol–water partition coefficient (Wildman–Crippen LogP) is 6.29. The van der Waals surface area contributed by atoms with Crippen molar-refractivity contribution >= 4 is 56.1 Å². The lowest BCUT2D eigenvalue weighted by atomic mass is 9.95. The molecule has 1 aliphatic heterocycles. The lowest BCUT2D eigenvalue weighted by molar-refractivity contribution is -0.384. The number of benzene rings is 3. The predicted molar refractivity (Wildman–Crippen MR) is 136 cm³/mol. The van der Waals surface area contributed by atoms with Crippen molar-refractivity contribution in [3.8, 4) is 11.1 Å². The van der Waals surface area contributed by atoms with Crippen LogP contribution in [-0.4, -0.2) is 22.5 Å². The van der Waals surface area contributed by atoms with Crippen LogP contribution in [0.2, 0.25) is 5.02 Å². The molecule has 2 heterocycles. The van der Waals surface area contributed by atoms with E-state index in [1.807, 2.05) is 36.4 Å². The molecule has 3 N–H and O–H groups in total. The average Bonchev–Trinajstić information content (AvgIpc) is 3.34. The summed E-state index contributed by atoms with van der Waals surface area (Å²) in [7, 11) is 0. The van der Waals surface area contributed by atoms with Crippen molar-refractivity contribution in [2.75, 3.05) is 17.2 Å². The maximum absolute atomic E-state index is 11.5. The number of non-ortho nitro benzene ring substituents is 1. The number of nitrogen functional groups attached to an aromatic ring is 1. The molecule has 0 radical (unpaired) electrons. The van der Waals surface area contributed by atoms with E-state index in [-0.39, 0.29) is 18.0 Å². The van der Waals surface area contributed by atoms with Gasteiger partial charge < -0.3 is 15.7 Å². The molecule has 9 heteroatoms. The van der Waals surface area contributed by atoms with E-state index in [0.29, 0.717) is 29.4 Å². The maximum atomic E-state index is 11.5. The zero-order chi connectivity index (χ0) is 24.0. The molecule has 1 unspecified atom stereocenters. The van der Waals surface area contributed by atoms with Crippen molar-refractivity contribution in [1.29, 1.82) is 0 Å². The van der Waals surface area contributed by atoms with Crippen LogP contribution in [0.25, 0.3) is 21.2 Å². The fourth-order valence-electron chi connectivity index (χ4n) is 4.63. The number of nitrogens with zero attached hydrogens (tertiary/aromatic N) is 2. The molecule has 1 aromatic heterocycles. The van der Waals surface area contributed by atoms with Gasteiger partial charge >= 0.3 is 5.97 Å². The molecule has 0 spiro atoms. The number of hydrogen-bond acceptors (Lipinski definition) is 6. The molecule has 3 aromatic carbocycles. The normalized spacial score (nSPS) is 15.0. The largest absolute Gasteiger partial charge is 0.481 e. The Morgan fingerprint density at radius 2 is 2.00 bits per heavy atom. The summed E-state index contributed by atoms with van der Waals surface area (Å²) < 4.78 is 1.14. The lowest BCUT2D eigenvalue weighted by Gasteiger charge is -2.20. The Morgan fingerprint density at radius 3 is 2.76 bits per heavy atom. The zero-order valence-electron chi connectivity index (χ0n) is 17.9. The first-order valence-corrected chi connectivity index (χ1v) is 11.9. The fraction of sp³-hybridized carbons (Fsp3) is 0.160. The Balaban J connectivity index is 1.56. The number of thiophene rings is 1. The van der Waals surface area contributed by atoms with Crippen LogP contribution in [0.3, 0.4) is 0 Å². The third kappa shape index (κ3) is 4.18. The van der Waals surface area contributed by atoms with E-state index in [1.54, 1.807) is 17.4 Å². The summed E-state index contributed by atoms with van der Waals surface area (Å²) in [4.78, 5) is 24.5. The van der Waals surface area contributed by atoms with Gasteiger partial charge in [-0.25, -0.2) is 0 Å². The summed E-state index contributed by atoms with van der Waals surface area (Å²) in [6, 6.07) is 16.1. The van der Waals surface area contributed by atoms with Crippen molar-refractivity contribution in [2.45, 2.75) is 18.9 Å². The van der Waals surface area contributed by atoms with Crippen LogP contribution in [0.1, 0.15) is 23.5 Å². The molecule has 7 nitrogen and oxygen atoms in total. The number of aliphatic carboxylic acids is 1. The second-order valence-electron chi connectivity index (χ2n) is 8.42. The van der Waals surface area contributed by atoms with Crippen molar-refractivity contribution in [1.82, 2.24) is 0 Å². The maximum Gasteiger partial charge on any atom is 0.304 e. The summed E-state index contributed by atoms with van der Waals surface area (Å²) in [5.41, 5.74) is 10.6. The first kappa shape index (κ1) is 22.2. The SMILES string of the molecule is Nc1cc(-c2ccc3c(c2)N(Cc2csc4ccc(Cl)cc24)CC3CC(=O)O)cc([N+](=O)[O-])c1. The summed E-state index contributed by atoms with van der Waals surface area (Å²) in [6.45, 7) is 1.17. The van der Waals surface area contributed by atoms with Crippen molar-refractivity contribution in [3.63, 3.8) is 0 Å². The topological polar surface area (TPSA) is 110 Å². The van der Waals surface area contributed by atoms with Gasteiger partial charge in [0, 0.05) is 52.2 Å². The van der Waals surface area contributed by atoms with Gasteiger partial charge in [-0.3, -0.25) is 14.9 Å². The third-order valence-corrected chi connectivity index (χ3v) is 7.38. The summed E-state index contributed by atoms with van der Waals surface area (Å²) >= 11 is 7.88. The fourth-order valence-corrected chi connectivity index (χ4v) is 5.74. The van der Waals surface area contributed by atoms with E-state index in [1.165, 1.54) is 12.1 Å². The third-order valence-electron chi connectivity index (χ3n) is 6.13. The highest BCUT2D eigenvalue weighted by Crippen LogP contribution is 2.43. The van der Waals surface area contributed by atoms with Gasteiger partial charge in [0.05, 0.1) is 11.3 Å². The van der Waals surface area contributed by atoms with Gasteiger partial charge in [-0.15, -0.1) is 11.3 Å². The Hall–Kier alpha value is -3.62. The monoisotopic (exact) mass is 493 g/mol. The highest BCUT2D eigenvalue weighted by atomic mass is 35.5. The molecule has 0 saturated heterocycles. The van der Waals surface area contributed by atoms with Crippen LogP contribution >= 0.6 is 22.9 Å². The molecule has 1 atom stereocenters. The molecule has 0 saturated carbocycles. The van der Waals surface area contributed by atoms with Crippen LogP contribution in [0.4, 0.5) is 17.1 Å². The van der Waals surface area contributed by atoms with Crippen LogP contribution in [-0.2, 0) is 11.3 Å². The van der Waals surface area contributed by atoms with Gasteiger partial charge in [0.15, 0.2) is 0 Å². The van der Waals surface area contributed by atoms with Gasteiger partial charge in [0.2, 0.25) is 0 Å². The molecular formula is C25H20ClN3O4S. The zero-order valence-corrected chi connectivity index (χ0v) is 19.5. The minimum absolute atomic E-state index is 0.0306. The van der Waals surface area contributed by atoms with E-state index in [0.717, 1.165) is 32.5 Å². The number of carboxylic acid groups (broad SMARTS) is 1. The Morgan fingerprint density at radius 1 is 1.18 bits per heavy atom. The van der Waals surface area contributed by atoms with E-state index >= 15 is 0 Å². The number of rotatable bonds is 6. The molecular weight excluding hydrogens is 474 g/mol. The number of nitro benzene ring substituents is 1. The molecule has 0 amide bonds. The minimum atomic E-state index is -0.846. The average molecular weight is 494 g/mol. The highest BCUT2D eigenvalue weighted by molar-refractivity contribution is 7.17. The lowest BCUT2D eigenvalue weighted by Crippen LogP contribution is -2.22. The quantitative estimate of drug-likeness (QED) is 0.185. The molecule has 4 aromatic rings. The molecule has 0 fully saturated rings. The van der Waals surface area contributed by atoms with Crippen LogP contribution < -0.4 is 10.6 Å². The first-order chi connectivity index (χ1) is 16.3. The molecule has 34 heavy (non-hydrogen) atoms. The van der Waals surface area contributed by atoms with Crippen LogP contribution in [0, 0.1) is 10.1 Å². The number of carboxylic acids is 1. The van der Waals surface area contributed by atoms with Gasteiger partial charge in [-0.2, -0.15) is 0 Å². The van der Waals surface area contributed by atoms with Gasteiger partial charge in [-0.05, 0) is 63.4 Å². The summed E-state index contributed by atoms with van der Waals surface area (Å²) in [6.07, 6.45) is 0.0306. The standard InChI is InChI=1S/C25H20ClN3O4S/c26-18-2-4-24-22(9-18)17(13-34-24)12-28-11-16(8-25(30)31)21-3-1-14(7-23(21)28)15-5-19(27)10-20(6-15)29(32)33/h1-7,9-10,13,16H,8,11-12,27H2,(H,30,31). The highest BCUT2D eigenvalue weighted by Gasteiger charge is 2.31. The van der Waals surface area contributed by atoms with Crippen LogP contribution in [0.15, 0.2) is 60.0 Å². The first-order valence-electron chi connectivity index (χ1n) is 10.6. The van der Waals surface area contributed by atoms with Gasteiger partial charge in [0.1, 0.15) is 0 Å². The number of fused-ring (bicyclic) bond motifs is 2. The minimum Gasteiger partial charge on any atom is -0.481 e. The number of nitrogens with two attached hydrogens (primary N) is 1. The Labute approximate surface area is 204 Å². The second kappa shape index (κ2) is 8.62. The number of anilines is 2.